The van der Waals surface area contributed by atoms with Gasteiger partial charge < -0.3 is 14.8 Å². The van der Waals surface area contributed by atoms with Crippen LogP contribution in [0.3, 0.4) is 0 Å². The van der Waals surface area contributed by atoms with E-state index in [2.05, 4.69) is 10.0 Å². The molecule has 0 saturated heterocycles. The minimum Gasteiger partial charge on any atom is -0.490 e. The number of rotatable bonds is 5. The molecule has 160 valence electrons. The van der Waals surface area contributed by atoms with Crippen molar-refractivity contribution in [2.45, 2.75) is 11.3 Å². The molecule has 31 heavy (non-hydrogen) atoms. The second-order valence-electron chi connectivity index (χ2n) is 6.81. The van der Waals surface area contributed by atoms with E-state index in [0.29, 0.717) is 46.7 Å². The summed E-state index contributed by atoms with van der Waals surface area (Å²) in [5.74, 6) is 0.610. The van der Waals surface area contributed by atoms with Gasteiger partial charge in [-0.05, 0) is 54.6 Å². The van der Waals surface area contributed by atoms with E-state index in [1.807, 2.05) is 0 Å². The van der Waals surface area contributed by atoms with Crippen LogP contribution in [0.2, 0.25) is 5.02 Å². The Balaban J connectivity index is 1.46. The average Bonchev–Trinajstić information content (AvgIpc) is 3.00. The number of benzene rings is 3. The van der Waals surface area contributed by atoms with Crippen molar-refractivity contribution in [1.29, 1.82) is 0 Å². The summed E-state index contributed by atoms with van der Waals surface area (Å²) < 4.78 is 39.1. The Morgan fingerprint density at radius 3 is 2.32 bits per heavy atom. The smallest absolute Gasteiger partial charge is 0.262 e. The molecule has 0 unspecified atom stereocenters. The molecule has 0 fully saturated rings. The van der Waals surface area contributed by atoms with Gasteiger partial charge in [-0.15, -0.1) is 0 Å². The van der Waals surface area contributed by atoms with Gasteiger partial charge in [0.25, 0.3) is 15.9 Å². The van der Waals surface area contributed by atoms with E-state index in [1.54, 1.807) is 54.6 Å². The highest BCUT2D eigenvalue weighted by molar-refractivity contribution is 7.92. The van der Waals surface area contributed by atoms with E-state index in [9.17, 15) is 13.2 Å². The SMILES string of the molecule is O=C(Nc1ccc(NS(=O)(=O)c2ccc3c(c2)OCCCO3)cc1)c1cccc(Cl)c1. The zero-order valence-electron chi connectivity index (χ0n) is 16.3. The largest absolute Gasteiger partial charge is 0.490 e. The Bertz CT molecular complexity index is 1210. The van der Waals surface area contributed by atoms with Crippen molar-refractivity contribution in [3.8, 4) is 11.5 Å². The van der Waals surface area contributed by atoms with Crippen LogP contribution in [-0.4, -0.2) is 27.5 Å². The first kappa shape index (κ1) is 21.0. The fourth-order valence-electron chi connectivity index (χ4n) is 2.98. The summed E-state index contributed by atoms with van der Waals surface area (Å²) in [5, 5.41) is 3.21. The maximum absolute atomic E-state index is 12.8. The summed E-state index contributed by atoms with van der Waals surface area (Å²) in [7, 11) is -3.83. The molecule has 3 aromatic rings. The van der Waals surface area contributed by atoms with Gasteiger partial charge in [0.15, 0.2) is 11.5 Å². The molecule has 7 nitrogen and oxygen atoms in total. The van der Waals surface area contributed by atoms with Crippen LogP contribution < -0.4 is 19.5 Å². The molecule has 0 spiro atoms. The lowest BCUT2D eigenvalue weighted by atomic mass is 10.2. The normalized spacial score (nSPS) is 13.2. The van der Waals surface area contributed by atoms with Gasteiger partial charge in [0, 0.05) is 34.4 Å². The molecule has 0 atom stereocenters. The molecule has 1 amide bonds. The van der Waals surface area contributed by atoms with Gasteiger partial charge in [0.05, 0.1) is 18.1 Å². The summed E-state index contributed by atoms with van der Waals surface area (Å²) in [4.78, 5) is 12.4. The number of nitrogens with one attached hydrogen (secondary N) is 2. The molecular formula is C22H19ClN2O5S. The van der Waals surface area contributed by atoms with Gasteiger partial charge in [-0.2, -0.15) is 0 Å². The lowest BCUT2D eigenvalue weighted by Gasteiger charge is -2.12. The molecule has 4 rings (SSSR count). The number of halogens is 1. The molecule has 0 aliphatic carbocycles. The molecular weight excluding hydrogens is 440 g/mol. The second-order valence-corrected chi connectivity index (χ2v) is 8.93. The third-order valence-corrected chi connectivity index (χ3v) is 6.13. The van der Waals surface area contributed by atoms with Gasteiger partial charge in [0.2, 0.25) is 0 Å². The van der Waals surface area contributed by atoms with Gasteiger partial charge >= 0.3 is 0 Å². The molecule has 2 N–H and O–H groups in total. The van der Waals surface area contributed by atoms with Crippen LogP contribution in [0.15, 0.2) is 71.6 Å². The van der Waals surface area contributed by atoms with Crippen molar-refractivity contribution in [3.05, 3.63) is 77.3 Å². The summed E-state index contributed by atoms with van der Waals surface area (Å²) in [6.07, 6.45) is 0.731. The number of amides is 1. The Hall–Kier alpha value is -3.23. The van der Waals surface area contributed by atoms with Gasteiger partial charge in [-0.3, -0.25) is 9.52 Å². The van der Waals surface area contributed by atoms with Crippen molar-refractivity contribution in [2.24, 2.45) is 0 Å². The fourth-order valence-corrected chi connectivity index (χ4v) is 4.24. The van der Waals surface area contributed by atoms with Crippen molar-refractivity contribution in [2.75, 3.05) is 23.3 Å². The molecule has 1 heterocycles. The number of hydrogen-bond acceptors (Lipinski definition) is 5. The molecule has 0 radical (unpaired) electrons. The minimum absolute atomic E-state index is 0.0649. The van der Waals surface area contributed by atoms with E-state index < -0.39 is 10.0 Å². The van der Waals surface area contributed by atoms with Crippen LogP contribution in [0.4, 0.5) is 11.4 Å². The highest BCUT2D eigenvalue weighted by atomic mass is 35.5. The maximum atomic E-state index is 12.8. The number of ether oxygens (including phenoxy) is 2. The van der Waals surface area contributed by atoms with Crippen LogP contribution in [0.5, 0.6) is 11.5 Å². The first-order chi connectivity index (χ1) is 14.9. The number of carbonyl (C=O) groups excluding carboxylic acids is 1. The molecule has 0 aromatic heterocycles. The Morgan fingerprint density at radius 2 is 1.58 bits per heavy atom. The number of carbonyl (C=O) groups is 1. The molecule has 3 aromatic carbocycles. The first-order valence-electron chi connectivity index (χ1n) is 9.50. The molecule has 0 bridgehead atoms. The van der Waals surface area contributed by atoms with Crippen LogP contribution in [0, 0.1) is 0 Å². The third-order valence-electron chi connectivity index (χ3n) is 4.51. The maximum Gasteiger partial charge on any atom is 0.262 e. The summed E-state index contributed by atoms with van der Waals surface area (Å²) in [6, 6.07) is 17.4. The lowest BCUT2D eigenvalue weighted by molar-refractivity contribution is 0.102. The van der Waals surface area contributed by atoms with E-state index in [0.717, 1.165) is 6.42 Å². The fraction of sp³-hybridized carbons (Fsp3) is 0.136. The lowest BCUT2D eigenvalue weighted by Crippen LogP contribution is -2.14. The van der Waals surface area contributed by atoms with Gasteiger partial charge in [-0.25, -0.2) is 8.42 Å². The average molecular weight is 459 g/mol. The van der Waals surface area contributed by atoms with E-state index in [-0.39, 0.29) is 10.8 Å². The Labute approximate surface area is 185 Å². The quantitative estimate of drug-likeness (QED) is 0.584. The predicted molar refractivity (Wildman–Crippen MR) is 119 cm³/mol. The second kappa shape index (κ2) is 8.87. The van der Waals surface area contributed by atoms with E-state index in [4.69, 9.17) is 21.1 Å². The minimum atomic E-state index is -3.83. The first-order valence-corrected chi connectivity index (χ1v) is 11.4. The Kier molecular flexibility index (Phi) is 6.01. The monoisotopic (exact) mass is 458 g/mol. The topological polar surface area (TPSA) is 93.7 Å². The van der Waals surface area contributed by atoms with Crippen LogP contribution >= 0.6 is 11.6 Å². The van der Waals surface area contributed by atoms with Gasteiger partial charge in [-0.1, -0.05) is 17.7 Å². The highest BCUT2D eigenvalue weighted by Gasteiger charge is 2.19. The van der Waals surface area contributed by atoms with Crippen molar-refractivity contribution < 1.29 is 22.7 Å². The number of anilines is 2. The summed E-state index contributed by atoms with van der Waals surface area (Å²) in [6.45, 7) is 0.990. The van der Waals surface area contributed by atoms with E-state index >= 15 is 0 Å². The van der Waals surface area contributed by atoms with Crippen LogP contribution in [0.1, 0.15) is 16.8 Å². The number of fused-ring (bicyclic) bond motifs is 1. The Morgan fingerprint density at radius 1 is 0.871 bits per heavy atom. The number of sulfonamides is 1. The standard InChI is InChI=1S/C22H19ClN2O5S/c23-16-4-1-3-15(13-16)22(26)24-17-5-7-18(8-6-17)25-31(27,28)19-9-10-20-21(14-19)30-12-2-11-29-20/h1,3-10,13-14,25H,2,11-12H2,(H,24,26). The number of hydrogen-bond donors (Lipinski definition) is 2. The zero-order valence-corrected chi connectivity index (χ0v) is 17.9. The van der Waals surface area contributed by atoms with Crippen LogP contribution in [0.25, 0.3) is 0 Å². The zero-order chi connectivity index (χ0) is 21.8. The third kappa shape index (κ3) is 5.10. The summed E-state index contributed by atoms with van der Waals surface area (Å²) >= 11 is 5.91. The molecule has 1 aliphatic heterocycles. The molecule has 1 aliphatic rings. The molecule has 9 heteroatoms. The van der Waals surface area contributed by atoms with Crippen molar-refractivity contribution in [1.82, 2.24) is 0 Å². The van der Waals surface area contributed by atoms with Crippen molar-refractivity contribution >= 4 is 38.9 Å². The van der Waals surface area contributed by atoms with E-state index in [1.165, 1.54) is 12.1 Å². The van der Waals surface area contributed by atoms with Crippen molar-refractivity contribution in [3.63, 3.8) is 0 Å². The predicted octanol–water partition coefficient (Wildman–Crippen LogP) is 4.55. The van der Waals surface area contributed by atoms with Crippen LogP contribution in [-0.2, 0) is 10.0 Å². The summed E-state index contributed by atoms with van der Waals surface area (Å²) in [5.41, 5.74) is 1.29. The highest BCUT2D eigenvalue weighted by Crippen LogP contribution is 2.32. The molecule has 0 saturated carbocycles. The van der Waals surface area contributed by atoms with Gasteiger partial charge in [0.1, 0.15) is 0 Å².